The van der Waals surface area contributed by atoms with E-state index in [0.717, 1.165) is 29.9 Å². The van der Waals surface area contributed by atoms with E-state index in [1.807, 2.05) is 55.5 Å². The van der Waals surface area contributed by atoms with E-state index in [4.69, 9.17) is 4.74 Å². The van der Waals surface area contributed by atoms with E-state index in [0.29, 0.717) is 10.6 Å². The summed E-state index contributed by atoms with van der Waals surface area (Å²) in [6.45, 7) is 1.91. The Morgan fingerprint density at radius 2 is 1.75 bits per heavy atom. The molecule has 0 radical (unpaired) electrons. The van der Waals surface area contributed by atoms with Gasteiger partial charge in [0.05, 0.1) is 6.10 Å². The number of nitrogens with zero attached hydrogens (tertiary/aromatic N) is 2. The van der Waals surface area contributed by atoms with Gasteiger partial charge in [0, 0.05) is 5.56 Å². The Morgan fingerprint density at radius 1 is 1.08 bits per heavy atom. The second-order valence-electron chi connectivity index (χ2n) is 5.56. The zero-order valence-electron chi connectivity index (χ0n) is 13.4. The molecule has 0 bridgehead atoms. The Morgan fingerprint density at radius 3 is 2.46 bits per heavy atom. The average molecular weight is 338 g/mol. The van der Waals surface area contributed by atoms with Gasteiger partial charge in [-0.3, -0.25) is 0 Å². The summed E-state index contributed by atoms with van der Waals surface area (Å²) in [4.78, 5) is 12.9. The molecular formula is C19H18N2O2S. The van der Waals surface area contributed by atoms with Crippen LogP contribution in [0, 0.1) is 0 Å². The SMILES string of the molecule is CC(CCc1ccccc1)OC(=O)c1snnc1-c1ccccc1. The molecule has 0 amide bonds. The molecule has 0 saturated carbocycles. The van der Waals surface area contributed by atoms with Crippen molar-refractivity contribution in [3.05, 3.63) is 71.1 Å². The van der Waals surface area contributed by atoms with Crippen LogP contribution in [0.4, 0.5) is 0 Å². The molecule has 0 saturated heterocycles. The fraction of sp³-hybridized carbons (Fsp3) is 0.211. The van der Waals surface area contributed by atoms with E-state index in [1.165, 1.54) is 5.56 Å². The third-order valence-corrected chi connectivity index (χ3v) is 4.42. The van der Waals surface area contributed by atoms with Crippen LogP contribution in [0.25, 0.3) is 11.3 Å². The summed E-state index contributed by atoms with van der Waals surface area (Å²) in [6, 6.07) is 19.7. The van der Waals surface area contributed by atoms with Crippen LogP contribution in [-0.4, -0.2) is 21.7 Å². The fourth-order valence-electron chi connectivity index (χ4n) is 2.42. The zero-order chi connectivity index (χ0) is 16.8. The molecule has 24 heavy (non-hydrogen) atoms. The van der Waals surface area contributed by atoms with Crippen molar-refractivity contribution in [1.29, 1.82) is 0 Å². The number of aromatic nitrogens is 2. The van der Waals surface area contributed by atoms with E-state index in [-0.39, 0.29) is 12.1 Å². The maximum Gasteiger partial charge on any atom is 0.352 e. The topological polar surface area (TPSA) is 52.1 Å². The van der Waals surface area contributed by atoms with E-state index >= 15 is 0 Å². The number of aryl methyl sites for hydroxylation is 1. The van der Waals surface area contributed by atoms with Crippen molar-refractivity contribution in [3.8, 4) is 11.3 Å². The highest BCUT2D eigenvalue weighted by molar-refractivity contribution is 7.08. The summed E-state index contributed by atoms with van der Waals surface area (Å²) < 4.78 is 9.48. The largest absolute Gasteiger partial charge is 0.458 e. The summed E-state index contributed by atoms with van der Waals surface area (Å²) in [7, 11) is 0. The smallest absolute Gasteiger partial charge is 0.352 e. The first-order valence-electron chi connectivity index (χ1n) is 7.86. The van der Waals surface area contributed by atoms with Gasteiger partial charge < -0.3 is 4.74 Å². The van der Waals surface area contributed by atoms with E-state index < -0.39 is 0 Å². The zero-order valence-corrected chi connectivity index (χ0v) is 14.2. The van der Waals surface area contributed by atoms with E-state index in [9.17, 15) is 4.79 Å². The molecule has 1 unspecified atom stereocenters. The standard InChI is InChI=1S/C19H18N2O2S/c1-14(12-13-15-8-4-2-5-9-15)23-19(22)18-17(20-21-24-18)16-10-6-3-7-11-16/h2-11,14H,12-13H2,1H3. The third-order valence-electron chi connectivity index (χ3n) is 3.71. The lowest BCUT2D eigenvalue weighted by Gasteiger charge is -2.12. The van der Waals surface area contributed by atoms with Crippen LogP contribution in [0.5, 0.6) is 0 Å². The van der Waals surface area contributed by atoms with Crippen LogP contribution in [0.2, 0.25) is 0 Å². The predicted molar refractivity (Wildman–Crippen MR) is 95.0 cm³/mol. The lowest BCUT2D eigenvalue weighted by Crippen LogP contribution is -2.15. The first-order chi connectivity index (χ1) is 11.7. The maximum atomic E-state index is 12.4. The molecule has 4 nitrogen and oxygen atoms in total. The quantitative estimate of drug-likeness (QED) is 0.626. The number of ether oxygens (including phenoxy) is 1. The normalized spacial score (nSPS) is 11.9. The molecule has 3 rings (SSSR count). The van der Waals surface area contributed by atoms with Crippen LogP contribution in [0.3, 0.4) is 0 Å². The molecule has 0 aliphatic heterocycles. The van der Waals surface area contributed by atoms with Crippen molar-refractivity contribution in [3.63, 3.8) is 0 Å². The molecule has 5 heteroatoms. The first kappa shape index (κ1) is 16.3. The number of carbonyl (C=O) groups excluding carboxylic acids is 1. The van der Waals surface area contributed by atoms with Crippen molar-refractivity contribution in [1.82, 2.24) is 9.59 Å². The second-order valence-corrected chi connectivity index (χ2v) is 6.31. The predicted octanol–water partition coefficient (Wildman–Crippen LogP) is 4.38. The number of hydrogen-bond donors (Lipinski definition) is 0. The Labute approximate surface area is 145 Å². The van der Waals surface area contributed by atoms with Gasteiger partial charge in [0.25, 0.3) is 0 Å². The first-order valence-corrected chi connectivity index (χ1v) is 8.64. The average Bonchev–Trinajstić information content (AvgIpc) is 3.11. The number of carbonyl (C=O) groups is 1. The highest BCUT2D eigenvalue weighted by Gasteiger charge is 2.21. The number of rotatable bonds is 6. The molecule has 0 aliphatic carbocycles. The minimum absolute atomic E-state index is 0.163. The van der Waals surface area contributed by atoms with Gasteiger partial charge in [-0.05, 0) is 36.9 Å². The monoisotopic (exact) mass is 338 g/mol. The molecule has 0 fully saturated rings. The highest BCUT2D eigenvalue weighted by atomic mass is 32.1. The summed E-state index contributed by atoms with van der Waals surface area (Å²) in [5.74, 6) is -0.357. The molecule has 1 aromatic heterocycles. The van der Waals surface area contributed by atoms with Crippen LogP contribution in [0.15, 0.2) is 60.7 Å². The van der Waals surface area contributed by atoms with Gasteiger partial charge in [0.15, 0.2) is 4.88 Å². The molecule has 122 valence electrons. The van der Waals surface area contributed by atoms with Crippen molar-refractivity contribution < 1.29 is 9.53 Å². The number of esters is 1. The minimum Gasteiger partial charge on any atom is -0.458 e. The Kier molecular flexibility index (Phi) is 5.33. The van der Waals surface area contributed by atoms with Crippen molar-refractivity contribution in [2.24, 2.45) is 0 Å². The summed E-state index contributed by atoms with van der Waals surface area (Å²) >= 11 is 1.07. The van der Waals surface area contributed by atoms with Gasteiger partial charge in [-0.1, -0.05) is 65.2 Å². The summed E-state index contributed by atoms with van der Waals surface area (Å²) in [6.07, 6.45) is 1.49. The number of hydrogen-bond acceptors (Lipinski definition) is 5. The molecule has 0 spiro atoms. The van der Waals surface area contributed by atoms with Gasteiger partial charge in [0.2, 0.25) is 0 Å². The Hall–Kier alpha value is -2.53. The molecule has 2 aromatic carbocycles. The van der Waals surface area contributed by atoms with Gasteiger partial charge >= 0.3 is 5.97 Å². The molecule has 1 heterocycles. The molecule has 3 aromatic rings. The van der Waals surface area contributed by atoms with Crippen molar-refractivity contribution >= 4 is 17.5 Å². The van der Waals surface area contributed by atoms with Gasteiger partial charge in [-0.15, -0.1) is 5.10 Å². The molecule has 1 atom stereocenters. The van der Waals surface area contributed by atoms with Gasteiger partial charge in [-0.25, -0.2) is 4.79 Å². The van der Waals surface area contributed by atoms with Crippen molar-refractivity contribution in [2.75, 3.05) is 0 Å². The van der Waals surface area contributed by atoms with E-state index in [2.05, 4.69) is 21.7 Å². The van der Waals surface area contributed by atoms with Gasteiger partial charge in [-0.2, -0.15) is 0 Å². The lowest BCUT2D eigenvalue weighted by atomic mass is 10.1. The minimum atomic E-state index is -0.357. The van der Waals surface area contributed by atoms with Crippen LogP contribution in [-0.2, 0) is 11.2 Å². The van der Waals surface area contributed by atoms with Crippen molar-refractivity contribution in [2.45, 2.75) is 25.9 Å². The van der Waals surface area contributed by atoms with Crippen LogP contribution in [0.1, 0.15) is 28.6 Å². The Balaban J connectivity index is 1.62. The summed E-state index contributed by atoms with van der Waals surface area (Å²) in [5.41, 5.74) is 2.70. The molecule has 0 N–H and O–H groups in total. The Bertz CT molecular complexity index is 787. The summed E-state index contributed by atoms with van der Waals surface area (Å²) in [5, 5.41) is 4.08. The van der Waals surface area contributed by atoms with Gasteiger partial charge in [0.1, 0.15) is 5.69 Å². The fourth-order valence-corrected chi connectivity index (χ4v) is 2.99. The maximum absolute atomic E-state index is 12.4. The van der Waals surface area contributed by atoms with Crippen LogP contribution < -0.4 is 0 Å². The number of benzene rings is 2. The highest BCUT2D eigenvalue weighted by Crippen LogP contribution is 2.25. The second kappa shape index (κ2) is 7.84. The lowest BCUT2D eigenvalue weighted by molar-refractivity contribution is 0.0332. The van der Waals surface area contributed by atoms with E-state index in [1.54, 1.807) is 0 Å². The molecule has 0 aliphatic rings. The van der Waals surface area contributed by atoms with Crippen LogP contribution >= 0.6 is 11.5 Å². The third kappa shape index (κ3) is 4.06. The molecular weight excluding hydrogens is 320 g/mol.